The Kier molecular flexibility index (Phi) is 8.39. The fraction of sp³-hybridized carbons (Fsp3) is 0.917. The van der Waals surface area contributed by atoms with E-state index in [1.807, 2.05) is 0 Å². The second kappa shape index (κ2) is 8.61. The molecule has 0 radical (unpaired) electrons. The van der Waals surface area contributed by atoms with E-state index in [-0.39, 0.29) is 18.6 Å². The molecule has 6 heteroatoms. The summed E-state index contributed by atoms with van der Waals surface area (Å²) in [6.07, 6.45) is 5.39. The number of ketones is 1. The second-order valence-corrected chi connectivity index (χ2v) is 6.06. The van der Waals surface area contributed by atoms with Crippen molar-refractivity contribution in [3.63, 3.8) is 0 Å². The molecule has 0 bridgehead atoms. The Labute approximate surface area is 109 Å². The predicted octanol–water partition coefficient (Wildman–Crippen LogP) is 2.15. The van der Waals surface area contributed by atoms with Crippen LogP contribution < -0.4 is 0 Å². The van der Waals surface area contributed by atoms with Gasteiger partial charge in [-0.25, -0.2) is 0 Å². The van der Waals surface area contributed by atoms with Crippen LogP contribution in [0.25, 0.3) is 0 Å². The molecule has 0 aliphatic heterocycles. The van der Waals surface area contributed by atoms with Crippen molar-refractivity contribution >= 4 is 15.9 Å². The van der Waals surface area contributed by atoms with E-state index in [9.17, 15) is 18.3 Å². The van der Waals surface area contributed by atoms with E-state index in [0.29, 0.717) is 6.42 Å². The summed E-state index contributed by atoms with van der Waals surface area (Å²) in [5, 5.41) is 9.40. The first-order valence-corrected chi connectivity index (χ1v) is 8.02. The Morgan fingerprint density at radius 2 is 1.67 bits per heavy atom. The topological polar surface area (TPSA) is 91.7 Å². The second-order valence-electron chi connectivity index (χ2n) is 4.55. The Hall–Kier alpha value is -0.460. The number of carbonyl (C=O) groups is 1. The minimum Gasteiger partial charge on any atom is -0.374 e. The molecule has 2 N–H and O–H groups in total. The SMILES string of the molecule is CCCCCCCC(=O)C(CC)C(O)S(=O)(=O)O. The lowest BCUT2D eigenvalue weighted by molar-refractivity contribution is -0.125. The summed E-state index contributed by atoms with van der Waals surface area (Å²) >= 11 is 0. The summed E-state index contributed by atoms with van der Waals surface area (Å²) in [4.78, 5) is 11.8. The molecule has 0 aromatic carbocycles. The zero-order valence-electron chi connectivity index (χ0n) is 11.1. The third-order valence-corrected chi connectivity index (χ3v) is 3.97. The van der Waals surface area contributed by atoms with Crippen molar-refractivity contribution in [2.24, 2.45) is 5.92 Å². The number of aliphatic hydroxyl groups excluding tert-OH is 1. The summed E-state index contributed by atoms with van der Waals surface area (Å²) in [6.45, 7) is 3.72. The molecular weight excluding hydrogens is 256 g/mol. The standard InChI is InChI=1S/C12H24O5S/c1-3-5-6-7-8-9-11(13)10(4-2)12(14)18(15,16)17/h10,12,14H,3-9H2,1-2H3,(H,15,16,17). The van der Waals surface area contributed by atoms with Gasteiger partial charge in [-0.15, -0.1) is 0 Å². The number of hydrogen-bond donors (Lipinski definition) is 2. The molecule has 0 aromatic rings. The molecule has 0 rings (SSSR count). The summed E-state index contributed by atoms with van der Waals surface area (Å²) < 4.78 is 30.4. The van der Waals surface area contributed by atoms with Gasteiger partial charge in [0.05, 0.1) is 5.92 Å². The van der Waals surface area contributed by atoms with Crippen LogP contribution in [-0.2, 0) is 14.9 Å². The molecular formula is C12H24O5S. The zero-order chi connectivity index (χ0) is 14.2. The van der Waals surface area contributed by atoms with Gasteiger partial charge in [0.1, 0.15) is 5.78 Å². The average Bonchev–Trinajstić information content (AvgIpc) is 2.28. The summed E-state index contributed by atoms with van der Waals surface area (Å²) in [5.74, 6) is -1.31. The van der Waals surface area contributed by atoms with E-state index in [0.717, 1.165) is 25.7 Å². The molecule has 5 nitrogen and oxygen atoms in total. The highest BCUT2D eigenvalue weighted by molar-refractivity contribution is 7.86. The normalized spacial score (nSPS) is 15.3. The number of unbranched alkanes of at least 4 members (excludes halogenated alkanes) is 4. The molecule has 0 aromatic heterocycles. The van der Waals surface area contributed by atoms with Gasteiger partial charge >= 0.3 is 0 Å². The van der Waals surface area contributed by atoms with Crippen LogP contribution in [0.5, 0.6) is 0 Å². The van der Waals surface area contributed by atoms with Gasteiger partial charge < -0.3 is 5.11 Å². The maximum Gasteiger partial charge on any atom is 0.292 e. The molecule has 0 saturated heterocycles. The summed E-state index contributed by atoms with van der Waals surface area (Å²) in [5.41, 5.74) is -1.99. The fourth-order valence-corrected chi connectivity index (χ4v) is 2.64. The molecule has 108 valence electrons. The van der Waals surface area contributed by atoms with Gasteiger partial charge in [-0.2, -0.15) is 8.42 Å². The molecule has 0 heterocycles. The van der Waals surface area contributed by atoms with Crippen molar-refractivity contribution in [2.45, 2.75) is 64.2 Å². The third kappa shape index (κ3) is 6.47. The van der Waals surface area contributed by atoms with Crippen LogP contribution in [0.1, 0.15) is 58.8 Å². The molecule has 0 saturated carbocycles. The molecule has 0 aliphatic carbocycles. The van der Waals surface area contributed by atoms with Gasteiger partial charge in [-0.1, -0.05) is 39.5 Å². The lowest BCUT2D eigenvalue weighted by Gasteiger charge is -2.17. The first-order valence-electron chi connectivity index (χ1n) is 6.51. The first-order chi connectivity index (χ1) is 8.34. The van der Waals surface area contributed by atoms with Crippen LogP contribution in [-0.4, -0.2) is 29.3 Å². The van der Waals surface area contributed by atoms with Crippen molar-refractivity contribution in [3.8, 4) is 0 Å². The van der Waals surface area contributed by atoms with Crippen molar-refractivity contribution in [1.29, 1.82) is 0 Å². The number of rotatable bonds is 10. The van der Waals surface area contributed by atoms with Crippen LogP contribution in [0.15, 0.2) is 0 Å². The van der Waals surface area contributed by atoms with E-state index in [1.165, 1.54) is 0 Å². The van der Waals surface area contributed by atoms with Crippen LogP contribution >= 0.6 is 0 Å². The van der Waals surface area contributed by atoms with Gasteiger partial charge in [0.15, 0.2) is 5.44 Å². The van der Waals surface area contributed by atoms with E-state index in [1.54, 1.807) is 6.92 Å². The zero-order valence-corrected chi connectivity index (χ0v) is 11.9. The van der Waals surface area contributed by atoms with Gasteiger partial charge in [-0.05, 0) is 12.8 Å². The molecule has 2 atom stereocenters. The summed E-state index contributed by atoms with van der Waals surface area (Å²) in [7, 11) is -4.56. The quantitative estimate of drug-likeness (QED) is 0.472. The van der Waals surface area contributed by atoms with E-state index in [2.05, 4.69) is 6.92 Å². The lowest BCUT2D eigenvalue weighted by atomic mass is 9.97. The minimum absolute atomic E-state index is 0.203. The molecule has 0 aliphatic rings. The molecule has 0 fully saturated rings. The van der Waals surface area contributed by atoms with Crippen molar-refractivity contribution in [3.05, 3.63) is 0 Å². The van der Waals surface area contributed by atoms with Crippen molar-refractivity contribution < 1.29 is 22.9 Å². The fourth-order valence-electron chi connectivity index (χ4n) is 1.88. The first kappa shape index (κ1) is 17.5. The maximum atomic E-state index is 11.8. The highest BCUT2D eigenvalue weighted by Gasteiger charge is 2.33. The van der Waals surface area contributed by atoms with E-state index in [4.69, 9.17) is 4.55 Å². The highest BCUT2D eigenvalue weighted by Crippen LogP contribution is 2.18. The Balaban J connectivity index is 4.20. The lowest BCUT2D eigenvalue weighted by Crippen LogP contribution is -2.34. The Bertz CT molecular complexity index is 336. The maximum absolute atomic E-state index is 11.8. The number of aliphatic hydroxyl groups is 1. The smallest absolute Gasteiger partial charge is 0.292 e. The van der Waals surface area contributed by atoms with E-state index < -0.39 is 21.5 Å². The van der Waals surface area contributed by atoms with Gasteiger partial charge in [0.25, 0.3) is 10.1 Å². The molecule has 0 amide bonds. The molecule has 2 unspecified atom stereocenters. The summed E-state index contributed by atoms with van der Waals surface area (Å²) in [6, 6.07) is 0. The minimum atomic E-state index is -4.56. The van der Waals surface area contributed by atoms with Gasteiger partial charge in [-0.3, -0.25) is 9.35 Å². The monoisotopic (exact) mass is 280 g/mol. The number of hydrogen-bond acceptors (Lipinski definition) is 4. The Morgan fingerprint density at radius 3 is 2.11 bits per heavy atom. The molecule has 18 heavy (non-hydrogen) atoms. The van der Waals surface area contributed by atoms with Crippen molar-refractivity contribution in [1.82, 2.24) is 0 Å². The van der Waals surface area contributed by atoms with Crippen molar-refractivity contribution in [2.75, 3.05) is 0 Å². The molecule has 0 spiro atoms. The van der Waals surface area contributed by atoms with Crippen LogP contribution in [0.3, 0.4) is 0 Å². The average molecular weight is 280 g/mol. The van der Waals surface area contributed by atoms with Crippen LogP contribution in [0.2, 0.25) is 0 Å². The highest BCUT2D eigenvalue weighted by atomic mass is 32.2. The van der Waals surface area contributed by atoms with Crippen LogP contribution in [0, 0.1) is 5.92 Å². The largest absolute Gasteiger partial charge is 0.374 e. The van der Waals surface area contributed by atoms with Crippen LogP contribution in [0.4, 0.5) is 0 Å². The Morgan fingerprint density at radius 1 is 1.11 bits per heavy atom. The predicted molar refractivity (Wildman–Crippen MR) is 69.7 cm³/mol. The van der Waals surface area contributed by atoms with Gasteiger partial charge in [0, 0.05) is 6.42 Å². The number of carbonyl (C=O) groups excluding carboxylic acids is 1. The van der Waals surface area contributed by atoms with E-state index >= 15 is 0 Å². The third-order valence-electron chi connectivity index (χ3n) is 3.03. The van der Waals surface area contributed by atoms with Gasteiger partial charge in [0.2, 0.25) is 0 Å². The number of Topliss-reactive ketones (excluding diaryl/α,β-unsaturated/α-hetero) is 1.